The number of ether oxygens (including phenoxy) is 1. The first-order chi connectivity index (χ1) is 11.7. The number of piperidine rings is 1. The van der Waals surface area contributed by atoms with Gasteiger partial charge in [0.2, 0.25) is 11.8 Å². The predicted molar refractivity (Wildman–Crippen MR) is 93.9 cm³/mol. The maximum Gasteiger partial charge on any atom is 0.407 e. The van der Waals surface area contributed by atoms with Crippen molar-refractivity contribution in [2.75, 3.05) is 26.2 Å². The van der Waals surface area contributed by atoms with Crippen molar-refractivity contribution in [2.45, 2.75) is 51.6 Å². The third kappa shape index (κ3) is 4.96. The summed E-state index contributed by atoms with van der Waals surface area (Å²) >= 11 is 0. The minimum atomic E-state index is -0.452. The van der Waals surface area contributed by atoms with Crippen LogP contribution in [0.25, 0.3) is 0 Å². The van der Waals surface area contributed by atoms with E-state index in [-0.39, 0.29) is 35.9 Å². The first-order valence-electron chi connectivity index (χ1n) is 8.86. The summed E-state index contributed by atoms with van der Waals surface area (Å²) in [7, 11) is 0. The summed E-state index contributed by atoms with van der Waals surface area (Å²) in [5, 5.41) is 2.81. The van der Waals surface area contributed by atoms with Gasteiger partial charge in [0.05, 0.1) is 5.92 Å². The smallest absolute Gasteiger partial charge is 0.407 e. The molecule has 0 aromatic rings. The van der Waals surface area contributed by atoms with Crippen molar-refractivity contribution < 1.29 is 19.1 Å². The van der Waals surface area contributed by atoms with E-state index in [1.807, 2.05) is 25.7 Å². The van der Waals surface area contributed by atoms with Crippen molar-refractivity contribution in [1.29, 1.82) is 0 Å². The van der Waals surface area contributed by atoms with Crippen LogP contribution in [0.5, 0.6) is 0 Å². The largest absolute Gasteiger partial charge is 0.445 e. The molecule has 2 rings (SSSR count). The zero-order chi connectivity index (χ0) is 18.6. The minimum Gasteiger partial charge on any atom is -0.445 e. The van der Waals surface area contributed by atoms with E-state index in [1.54, 1.807) is 4.90 Å². The standard InChI is InChI=1S/C18H29N3O4/c1-5-10-25-17(24)19-14-6-8-20(9-7-14)16(23)13-11-15(22)21(12-13)18(2,3)4/h5,13-14H,1,6-12H2,2-4H3,(H,19,24). The van der Waals surface area contributed by atoms with Gasteiger partial charge in [-0.15, -0.1) is 0 Å². The molecule has 1 N–H and O–H groups in total. The summed E-state index contributed by atoms with van der Waals surface area (Å²) in [6.07, 6.45) is 2.75. The van der Waals surface area contributed by atoms with E-state index in [2.05, 4.69) is 11.9 Å². The molecule has 0 saturated carbocycles. The third-order valence-corrected chi connectivity index (χ3v) is 4.74. The number of carbonyl (C=O) groups excluding carboxylic acids is 3. The summed E-state index contributed by atoms with van der Waals surface area (Å²) in [5.41, 5.74) is -0.255. The molecule has 2 saturated heterocycles. The number of nitrogens with zero attached hydrogens (tertiary/aromatic N) is 2. The highest BCUT2D eigenvalue weighted by Crippen LogP contribution is 2.27. The fraction of sp³-hybridized carbons (Fsp3) is 0.722. The van der Waals surface area contributed by atoms with E-state index >= 15 is 0 Å². The molecule has 2 aliphatic rings. The Hall–Kier alpha value is -2.05. The molecule has 0 aromatic heterocycles. The van der Waals surface area contributed by atoms with Crippen LogP contribution in [0.2, 0.25) is 0 Å². The molecule has 2 fully saturated rings. The molecule has 0 spiro atoms. The molecular weight excluding hydrogens is 322 g/mol. The summed E-state index contributed by atoms with van der Waals surface area (Å²) in [6, 6.07) is 0.0117. The predicted octanol–water partition coefficient (Wildman–Crippen LogP) is 1.54. The summed E-state index contributed by atoms with van der Waals surface area (Å²) in [6.45, 7) is 11.3. The van der Waals surface area contributed by atoms with Crippen LogP contribution in [-0.2, 0) is 14.3 Å². The van der Waals surface area contributed by atoms with Crippen molar-refractivity contribution in [3.8, 4) is 0 Å². The molecule has 7 nitrogen and oxygen atoms in total. The highest BCUT2D eigenvalue weighted by Gasteiger charge is 2.41. The minimum absolute atomic E-state index is 0.0117. The summed E-state index contributed by atoms with van der Waals surface area (Å²) < 4.78 is 4.91. The molecule has 7 heteroatoms. The third-order valence-electron chi connectivity index (χ3n) is 4.74. The second kappa shape index (κ2) is 7.89. The summed E-state index contributed by atoms with van der Waals surface area (Å²) in [5.74, 6) is -0.158. The maximum atomic E-state index is 12.7. The molecule has 25 heavy (non-hydrogen) atoms. The SMILES string of the molecule is C=CCOC(=O)NC1CCN(C(=O)C2CC(=O)N(C(C)(C)C)C2)CC1. The molecule has 0 radical (unpaired) electrons. The van der Waals surface area contributed by atoms with Crippen LogP contribution in [0.3, 0.4) is 0 Å². The Labute approximate surface area is 149 Å². The van der Waals surface area contributed by atoms with Gasteiger partial charge in [-0.3, -0.25) is 9.59 Å². The van der Waals surface area contributed by atoms with E-state index in [9.17, 15) is 14.4 Å². The van der Waals surface area contributed by atoms with Crippen LogP contribution in [0.15, 0.2) is 12.7 Å². The van der Waals surface area contributed by atoms with Gasteiger partial charge in [-0.2, -0.15) is 0 Å². The molecule has 2 heterocycles. The number of rotatable bonds is 4. The molecule has 1 atom stereocenters. The average Bonchev–Trinajstić information content (AvgIpc) is 2.95. The number of hydrogen-bond donors (Lipinski definition) is 1. The molecule has 3 amide bonds. The van der Waals surface area contributed by atoms with Gasteiger partial charge in [-0.05, 0) is 33.6 Å². The lowest BCUT2D eigenvalue weighted by Gasteiger charge is -2.34. The van der Waals surface area contributed by atoms with Crippen molar-refractivity contribution in [3.05, 3.63) is 12.7 Å². The topological polar surface area (TPSA) is 79.0 Å². The normalized spacial score (nSPS) is 22.0. The Morgan fingerprint density at radius 1 is 1.32 bits per heavy atom. The van der Waals surface area contributed by atoms with E-state index in [1.165, 1.54) is 6.08 Å². The molecule has 1 unspecified atom stereocenters. The van der Waals surface area contributed by atoms with Gasteiger partial charge in [-0.1, -0.05) is 12.7 Å². The van der Waals surface area contributed by atoms with Crippen LogP contribution in [0.4, 0.5) is 4.79 Å². The number of hydrogen-bond acceptors (Lipinski definition) is 4. The molecule has 2 aliphatic heterocycles. The van der Waals surface area contributed by atoms with Gasteiger partial charge in [-0.25, -0.2) is 4.79 Å². The van der Waals surface area contributed by atoms with Gasteiger partial charge in [0.1, 0.15) is 6.61 Å². The first kappa shape index (κ1) is 19.3. The fourth-order valence-electron chi connectivity index (χ4n) is 3.37. The monoisotopic (exact) mass is 351 g/mol. The number of nitrogens with one attached hydrogen (secondary N) is 1. The Bertz CT molecular complexity index is 533. The number of amides is 3. The number of likely N-dealkylation sites (tertiary alicyclic amines) is 2. The van der Waals surface area contributed by atoms with Crippen molar-refractivity contribution >= 4 is 17.9 Å². The van der Waals surface area contributed by atoms with E-state index in [0.717, 1.165) is 0 Å². The van der Waals surface area contributed by atoms with Gasteiger partial charge >= 0.3 is 6.09 Å². The highest BCUT2D eigenvalue weighted by atomic mass is 16.5. The lowest BCUT2D eigenvalue weighted by atomic mass is 10.0. The number of carbonyl (C=O) groups is 3. The van der Waals surface area contributed by atoms with Crippen LogP contribution in [-0.4, -0.2) is 65.5 Å². The van der Waals surface area contributed by atoms with Crippen LogP contribution >= 0.6 is 0 Å². The maximum absolute atomic E-state index is 12.7. The van der Waals surface area contributed by atoms with Crippen molar-refractivity contribution in [2.24, 2.45) is 5.92 Å². The second-order valence-corrected chi connectivity index (χ2v) is 7.71. The van der Waals surface area contributed by atoms with Gasteiger partial charge in [0.15, 0.2) is 0 Å². The van der Waals surface area contributed by atoms with Crippen LogP contribution in [0.1, 0.15) is 40.0 Å². The molecular formula is C18H29N3O4. The van der Waals surface area contributed by atoms with E-state index in [0.29, 0.717) is 38.9 Å². The van der Waals surface area contributed by atoms with E-state index < -0.39 is 6.09 Å². The Morgan fingerprint density at radius 3 is 2.48 bits per heavy atom. The number of alkyl carbamates (subject to hydrolysis) is 1. The van der Waals surface area contributed by atoms with Gasteiger partial charge < -0.3 is 19.9 Å². The second-order valence-electron chi connectivity index (χ2n) is 7.71. The molecule has 0 aliphatic carbocycles. The van der Waals surface area contributed by atoms with Crippen LogP contribution < -0.4 is 5.32 Å². The zero-order valence-electron chi connectivity index (χ0n) is 15.4. The quantitative estimate of drug-likeness (QED) is 0.779. The summed E-state index contributed by atoms with van der Waals surface area (Å²) in [4.78, 5) is 40.0. The Kier molecular flexibility index (Phi) is 6.08. The first-order valence-corrected chi connectivity index (χ1v) is 8.86. The zero-order valence-corrected chi connectivity index (χ0v) is 15.4. The molecule has 0 aromatic carbocycles. The molecule has 0 bridgehead atoms. The van der Waals surface area contributed by atoms with Crippen molar-refractivity contribution in [1.82, 2.24) is 15.1 Å². The van der Waals surface area contributed by atoms with E-state index in [4.69, 9.17) is 4.74 Å². The molecule has 140 valence electrons. The fourth-order valence-corrected chi connectivity index (χ4v) is 3.37. The lowest BCUT2D eigenvalue weighted by Crippen LogP contribution is -2.49. The Morgan fingerprint density at radius 2 is 1.96 bits per heavy atom. The average molecular weight is 351 g/mol. The highest BCUT2D eigenvalue weighted by molar-refractivity contribution is 5.89. The van der Waals surface area contributed by atoms with Gasteiger partial charge in [0.25, 0.3) is 0 Å². The lowest BCUT2D eigenvalue weighted by molar-refractivity contribution is -0.136. The van der Waals surface area contributed by atoms with Gasteiger partial charge in [0, 0.05) is 37.6 Å². The van der Waals surface area contributed by atoms with Crippen LogP contribution in [0, 0.1) is 5.92 Å². The van der Waals surface area contributed by atoms with Crippen molar-refractivity contribution in [3.63, 3.8) is 0 Å². The Balaban J connectivity index is 1.81.